The number of halogens is 1. The molecule has 0 fully saturated rings. The minimum absolute atomic E-state index is 0.316. The van der Waals surface area contributed by atoms with Crippen LogP contribution in [0.5, 0.6) is 11.5 Å². The molecule has 0 aliphatic carbocycles. The number of urea groups is 1. The van der Waals surface area contributed by atoms with E-state index in [1.807, 2.05) is 12.1 Å². The number of amides is 2. The van der Waals surface area contributed by atoms with Crippen molar-refractivity contribution in [3.8, 4) is 11.5 Å². The fourth-order valence-corrected chi connectivity index (χ4v) is 2.08. The highest BCUT2D eigenvalue weighted by atomic mass is 35.5. The van der Waals surface area contributed by atoms with Gasteiger partial charge in [0.15, 0.2) is 0 Å². The van der Waals surface area contributed by atoms with Crippen molar-refractivity contribution in [3.05, 3.63) is 53.1 Å². The second-order valence-corrected chi connectivity index (χ2v) is 4.98. The summed E-state index contributed by atoms with van der Waals surface area (Å²) < 4.78 is 10.4. The van der Waals surface area contributed by atoms with Gasteiger partial charge in [-0.15, -0.1) is 0 Å². The summed E-state index contributed by atoms with van der Waals surface area (Å²) in [6.07, 6.45) is 0. The van der Waals surface area contributed by atoms with E-state index in [1.165, 1.54) is 0 Å². The van der Waals surface area contributed by atoms with Gasteiger partial charge in [-0.1, -0.05) is 17.7 Å². The third-order valence-corrected chi connectivity index (χ3v) is 3.18. The van der Waals surface area contributed by atoms with Gasteiger partial charge in [0.25, 0.3) is 0 Å². The van der Waals surface area contributed by atoms with Gasteiger partial charge in [-0.3, -0.25) is 0 Å². The lowest BCUT2D eigenvalue weighted by Crippen LogP contribution is -2.28. The highest BCUT2D eigenvalue weighted by Crippen LogP contribution is 2.22. The van der Waals surface area contributed by atoms with Crippen molar-refractivity contribution >= 4 is 23.3 Å². The van der Waals surface area contributed by atoms with Crippen LogP contribution < -0.4 is 20.1 Å². The van der Waals surface area contributed by atoms with E-state index in [-0.39, 0.29) is 6.03 Å². The van der Waals surface area contributed by atoms with Crippen LogP contribution in [0.15, 0.2) is 42.5 Å². The smallest absolute Gasteiger partial charge is 0.319 e. The fourth-order valence-electron chi connectivity index (χ4n) is 1.89. The Hall–Kier alpha value is -2.40. The molecule has 0 spiro atoms. The fraction of sp³-hybridized carbons (Fsp3) is 0.188. The lowest BCUT2D eigenvalue weighted by atomic mass is 10.2. The molecule has 5 nitrogen and oxygen atoms in total. The molecule has 0 radical (unpaired) electrons. The van der Waals surface area contributed by atoms with Crippen LogP contribution in [0.1, 0.15) is 5.56 Å². The van der Waals surface area contributed by atoms with Crippen LogP contribution in [0, 0.1) is 0 Å². The van der Waals surface area contributed by atoms with Crippen LogP contribution >= 0.6 is 11.6 Å². The Balaban J connectivity index is 1.96. The monoisotopic (exact) mass is 320 g/mol. The summed E-state index contributed by atoms with van der Waals surface area (Å²) in [7, 11) is 3.16. The summed E-state index contributed by atoms with van der Waals surface area (Å²) in [6, 6.07) is 12.1. The molecule has 0 heterocycles. The second kappa shape index (κ2) is 7.56. The van der Waals surface area contributed by atoms with Crippen LogP contribution in [-0.4, -0.2) is 20.3 Å². The molecule has 0 aliphatic heterocycles. The number of hydrogen-bond donors (Lipinski definition) is 2. The Kier molecular flexibility index (Phi) is 5.49. The molecule has 0 aliphatic rings. The predicted octanol–water partition coefficient (Wildman–Crippen LogP) is 3.68. The average Bonchev–Trinajstić information content (AvgIpc) is 2.52. The Morgan fingerprint density at radius 2 is 1.77 bits per heavy atom. The predicted molar refractivity (Wildman–Crippen MR) is 86.9 cm³/mol. The first-order valence-electron chi connectivity index (χ1n) is 6.63. The molecule has 0 aromatic heterocycles. The first-order chi connectivity index (χ1) is 10.6. The Labute approximate surface area is 134 Å². The first kappa shape index (κ1) is 16.0. The molecule has 2 amide bonds. The zero-order valence-electron chi connectivity index (χ0n) is 12.4. The number of nitrogens with one attached hydrogen (secondary N) is 2. The number of anilines is 1. The number of carbonyl (C=O) groups is 1. The molecule has 2 aromatic rings. The van der Waals surface area contributed by atoms with Crippen molar-refractivity contribution in [2.24, 2.45) is 0 Å². The maximum absolute atomic E-state index is 11.9. The molecule has 0 atom stereocenters. The minimum Gasteiger partial charge on any atom is -0.497 e. The zero-order valence-corrected chi connectivity index (χ0v) is 13.1. The number of hydrogen-bond acceptors (Lipinski definition) is 3. The summed E-state index contributed by atoms with van der Waals surface area (Å²) in [6.45, 7) is 0.347. The van der Waals surface area contributed by atoms with Gasteiger partial charge >= 0.3 is 6.03 Å². The summed E-state index contributed by atoms with van der Waals surface area (Å²) in [5.41, 5.74) is 1.51. The number of benzene rings is 2. The van der Waals surface area contributed by atoms with Crippen LogP contribution in [0.3, 0.4) is 0 Å². The van der Waals surface area contributed by atoms with Crippen molar-refractivity contribution in [3.63, 3.8) is 0 Å². The lowest BCUT2D eigenvalue weighted by molar-refractivity contribution is 0.251. The van der Waals surface area contributed by atoms with Crippen molar-refractivity contribution in [1.82, 2.24) is 5.32 Å². The topological polar surface area (TPSA) is 59.6 Å². The van der Waals surface area contributed by atoms with Gasteiger partial charge in [-0.2, -0.15) is 0 Å². The standard InChI is InChI=1S/C16H17ClN2O3/c1-21-14-6-11(7-15(9-14)22-2)10-18-16(20)19-13-5-3-4-12(17)8-13/h3-9H,10H2,1-2H3,(H2,18,19,20). The van der Waals surface area contributed by atoms with Gasteiger partial charge in [0.2, 0.25) is 0 Å². The molecular formula is C16H17ClN2O3. The third-order valence-electron chi connectivity index (χ3n) is 2.95. The van der Waals surface area contributed by atoms with Gasteiger partial charge in [0.1, 0.15) is 11.5 Å². The van der Waals surface area contributed by atoms with Gasteiger partial charge in [0.05, 0.1) is 14.2 Å². The molecule has 116 valence electrons. The van der Waals surface area contributed by atoms with E-state index in [4.69, 9.17) is 21.1 Å². The van der Waals surface area contributed by atoms with E-state index in [0.717, 1.165) is 5.56 Å². The molecular weight excluding hydrogens is 304 g/mol. The molecule has 2 rings (SSSR count). The number of ether oxygens (including phenoxy) is 2. The molecule has 2 N–H and O–H groups in total. The number of methoxy groups -OCH3 is 2. The van der Waals surface area contributed by atoms with E-state index in [2.05, 4.69) is 10.6 Å². The second-order valence-electron chi connectivity index (χ2n) is 4.54. The summed E-state index contributed by atoms with van der Waals surface area (Å²) in [5.74, 6) is 1.35. The highest BCUT2D eigenvalue weighted by molar-refractivity contribution is 6.30. The van der Waals surface area contributed by atoms with Gasteiger partial charge in [0, 0.05) is 23.3 Å². The number of carbonyl (C=O) groups excluding carboxylic acids is 1. The first-order valence-corrected chi connectivity index (χ1v) is 7.01. The third kappa shape index (κ3) is 4.56. The van der Waals surface area contributed by atoms with E-state index in [1.54, 1.807) is 44.6 Å². The maximum atomic E-state index is 11.9. The highest BCUT2D eigenvalue weighted by Gasteiger charge is 2.05. The largest absolute Gasteiger partial charge is 0.497 e. The van der Waals surface area contributed by atoms with Crippen LogP contribution in [0.4, 0.5) is 10.5 Å². The van der Waals surface area contributed by atoms with Gasteiger partial charge in [-0.25, -0.2) is 4.79 Å². The van der Waals surface area contributed by atoms with Crippen molar-refractivity contribution in [2.45, 2.75) is 6.54 Å². The summed E-state index contributed by atoms with van der Waals surface area (Å²) in [4.78, 5) is 11.9. The van der Waals surface area contributed by atoms with Crippen LogP contribution in [0.25, 0.3) is 0 Å². The SMILES string of the molecule is COc1cc(CNC(=O)Nc2cccc(Cl)c2)cc(OC)c1. The van der Waals surface area contributed by atoms with Gasteiger partial charge < -0.3 is 20.1 Å². The minimum atomic E-state index is -0.316. The quantitative estimate of drug-likeness (QED) is 0.883. The molecule has 0 saturated heterocycles. The number of rotatable bonds is 5. The zero-order chi connectivity index (χ0) is 15.9. The molecule has 0 saturated carbocycles. The average molecular weight is 321 g/mol. The van der Waals surface area contributed by atoms with E-state index in [0.29, 0.717) is 28.8 Å². The Morgan fingerprint density at radius 1 is 1.09 bits per heavy atom. The molecule has 0 unspecified atom stereocenters. The Morgan fingerprint density at radius 3 is 2.36 bits per heavy atom. The molecule has 2 aromatic carbocycles. The molecule has 0 bridgehead atoms. The van der Waals surface area contributed by atoms with E-state index in [9.17, 15) is 4.79 Å². The lowest BCUT2D eigenvalue weighted by Gasteiger charge is -2.10. The van der Waals surface area contributed by atoms with Crippen molar-refractivity contribution in [1.29, 1.82) is 0 Å². The summed E-state index contributed by atoms with van der Waals surface area (Å²) >= 11 is 5.87. The van der Waals surface area contributed by atoms with Crippen LogP contribution in [0.2, 0.25) is 5.02 Å². The Bertz CT molecular complexity index is 639. The van der Waals surface area contributed by atoms with E-state index >= 15 is 0 Å². The van der Waals surface area contributed by atoms with Crippen molar-refractivity contribution in [2.75, 3.05) is 19.5 Å². The van der Waals surface area contributed by atoms with E-state index < -0.39 is 0 Å². The normalized spacial score (nSPS) is 9.95. The van der Waals surface area contributed by atoms with Gasteiger partial charge in [-0.05, 0) is 35.9 Å². The molecule has 6 heteroatoms. The summed E-state index contributed by atoms with van der Waals surface area (Å²) in [5, 5.41) is 6.04. The molecule has 22 heavy (non-hydrogen) atoms. The maximum Gasteiger partial charge on any atom is 0.319 e. The van der Waals surface area contributed by atoms with Crippen molar-refractivity contribution < 1.29 is 14.3 Å². The van der Waals surface area contributed by atoms with Crippen LogP contribution in [-0.2, 0) is 6.54 Å².